The first kappa shape index (κ1) is 8.36. The fourth-order valence-electron chi connectivity index (χ4n) is 1.05. The summed E-state index contributed by atoms with van der Waals surface area (Å²) in [6.45, 7) is 0. The van der Waals surface area contributed by atoms with Gasteiger partial charge in [-0.05, 0) is 6.07 Å². The second-order valence-electron chi connectivity index (χ2n) is 2.55. The second kappa shape index (κ2) is 3.25. The fourth-order valence-corrected chi connectivity index (χ4v) is 1.05. The highest BCUT2D eigenvalue weighted by molar-refractivity contribution is 5.56. The zero-order chi connectivity index (χ0) is 9.97. The molecule has 0 aliphatic heterocycles. The Balaban J connectivity index is 2.46. The molecule has 0 unspecified atom stereocenters. The molecule has 0 radical (unpaired) electrons. The van der Waals surface area contributed by atoms with Crippen molar-refractivity contribution in [3.8, 4) is 11.5 Å². The van der Waals surface area contributed by atoms with Crippen LogP contribution in [-0.2, 0) is 0 Å². The highest BCUT2D eigenvalue weighted by Crippen LogP contribution is 2.21. The van der Waals surface area contributed by atoms with Crippen molar-refractivity contribution < 1.29 is 9.34 Å². The SMILES string of the molecule is O=[N+]([O-])c1cccc(-c2nnco2)c1. The summed E-state index contributed by atoms with van der Waals surface area (Å²) in [6, 6.07) is 6.02. The van der Waals surface area contributed by atoms with Crippen molar-refractivity contribution >= 4 is 5.69 Å². The summed E-state index contributed by atoms with van der Waals surface area (Å²) < 4.78 is 4.91. The molecule has 0 bridgehead atoms. The van der Waals surface area contributed by atoms with E-state index in [4.69, 9.17) is 4.42 Å². The van der Waals surface area contributed by atoms with Crippen molar-refractivity contribution in [2.45, 2.75) is 0 Å². The molecule has 0 saturated heterocycles. The molecule has 0 amide bonds. The molecule has 0 saturated carbocycles. The molecule has 0 N–H and O–H groups in total. The zero-order valence-electron chi connectivity index (χ0n) is 6.95. The van der Waals surface area contributed by atoms with Gasteiger partial charge in [0.1, 0.15) is 0 Å². The molecule has 14 heavy (non-hydrogen) atoms. The van der Waals surface area contributed by atoms with Gasteiger partial charge in [0.05, 0.1) is 4.92 Å². The largest absolute Gasteiger partial charge is 0.423 e. The van der Waals surface area contributed by atoms with Gasteiger partial charge in [0.2, 0.25) is 12.3 Å². The summed E-state index contributed by atoms with van der Waals surface area (Å²) in [5.41, 5.74) is 0.539. The fraction of sp³-hybridized carbons (Fsp3) is 0. The molecule has 2 aromatic rings. The molecule has 0 spiro atoms. The Bertz CT molecular complexity index is 453. The third-order valence-corrected chi connectivity index (χ3v) is 1.66. The van der Waals surface area contributed by atoms with Crippen molar-refractivity contribution in [3.05, 3.63) is 40.8 Å². The van der Waals surface area contributed by atoms with E-state index in [1.165, 1.54) is 18.5 Å². The maximum Gasteiger partial charge on any atom is 0.270 e. The molecule has 0 aliphatic rings. The monoisotopic (exact) mass is 191 g/mol. The number of nitrogens with zero attached hydrogens (tertiary/aromatic N) is 3. The predicted octanol–water partition coefficient (Wildman–Crippen LogP) is 1.64. The first-order valence-electron chi connectivity index (χ1n) is 3.78. The summed E-state index contributed by atoms with van der Waals surface area (Å²) in [7, 11) is 0. The molecule has 2 rings (SSSR count). The van der Waals surface area contributed by atoms with Gasteiger partial charge in [-0.15, -0.1) is 10.2 Å². The van der Waals surface area contributed by atoms with Gasteiger partial charge in [-0.2, -0.15) is 0 Å². The van der Waals surface area contributed by atoms with Gasteiger partial charge in [0, 0.05) is 17.7 Å². The number of nitro groups is 1. The molecule has 1 aromatic carbocycles. The van der Waals surface area contributed by atoms with E-state index in [0.717, 1.165) is 0 Å². The van der Waals surface area contributed by atoms with E-state index < -0.39 is 4.92 Å². The van der Waals surface area contributed by atoms with Crippen LogP contribution >= 0.6 is 0 Å². The van der Waals surface area contributed by atoms with Gasteiger partial charge in [0.25, 0.3) is 5.69 Å². The quantitative estimate of drug-likeness (QED) is 0.532. The molecule has 0 atom stereocenters. The molecule has 1 heterocycles. The Morgan fingerprint density at radius 3 is 2.93 bits per heavy atom. The molecule has 0 aliphatic carbocycles. The minimum atomic E-state index is -0.472. The first-order chi connectivity index (χ1) is 6.77. The smallest absolute Gasteiger partial charge is 0.270 e. The summed E-state index contributed by atoms with van der Waals surface area (Å²) in [4.78, 5) is 9.99. The van der Waals surface area contributed by atoms with E-state index in [-0.39, 0.29) is 11.6 Å². The van der Waals surface area contributed by atoms with Crippen LogP contribution in [0, 0.1) is 10.1 Å². The normalized spacial score (nSPS) is 10.0. The zero-order valence-corrected chi connectivity index (χ0v) is 6.95. The molecule has 70 valence electrons. The Labute approximate surface area is 78.3 Å². The number of non-ortho nitro benzene ring substituents is 1. The Morgan fingerprint density at radius 1 is 1.43 bits per heavy atom. The standard InChI is InChI=1S/C8H5N3O3/c12-11(13)7-3-1-2-6(4-7)8-10-9-5-14-8/h1-5H. The topological polar surface area (TPSA) is 82.1 Å². The summed E-state index contributed by atoms with van der Waals surface area (Å²) >= 11 is 0. The first-order valence-corrected chi connectivity index (χ1v) is 3.78. The number of benzene rings is 1. The summed E-state index contributed by atoms with van der Waals surface area (Å²) in [5.74, 6) is 0.272. The van der Waals surface area contributed by atoms with Crippen LogP contribution in [0.15, 0.2) is 35.1 Å². The Kier molecular flexibility index (Phi) is 1.94. The lowest BCUT2D eigenvalue weighted by molar-refractivity contribution is -0.384. The van der Waals surface area contributed by atoms with Gasteiger partial charge in [-0.1, -0.05) is 6.07 Å². The van der Waals surface area contributed by atoms with Crippen LogP contribution in [0.3, 0.4) is 0 Å². The minimum absolute atomic E-state index is 0.000648. The van der Waals surface area contributed by atoms with Crippen molar-refractivity contribution in [2.75, 3.05) is 0 Å². The number of hydrogen-bond acceptors (Lipinski definition) is 5. The van der Waals surface area contributed by atoms with E-state index >= 15 is 0 Å². The summed E-state index contributed by atoms with van der Waals surface area (Å²) in [5, 5.41) is 17.6. The van der Waals surface area contributed by atoms with E-state index in [9.17, 15) is 10.1 Å². The highest BCUT2D eigenvalue weighted by atomic mass is 16.6. The molecule has 1 aromatic heterocycles. The van der Waals surface area contributed by atoms with E-state index in [1.807, 2.05) is 0 Å². The molecule has 6 heteroatoms. The molecule has 0 fully saturated rings. The second-order valence-corrected chi connectivity index (χ2v) is 2.55. The molecular weight excluding hydrogens is 186 g/mol. The van der Waals surface area contributed by atoms with Gasteiger partial charge >= 0.3 is 0 Å². The highest BCUT2D eigenvalue weighted by Gasteiger charge is 2.09. The maximum atomic E-state index is 10.5. The van der Waals surface area contributed by atoms with Crippen LogP contribution in [0.1, 0.15) is 0 Å². The van der Waals surface area contributed by atoms with Crippen LogP contribution in [-0.4, -0.2) is 15.1 Å². The van der Waals surface area contributed by atoms with Gasteiger partial charge in [0.15, 0.2) is 0 Å². The average Bonchev–Trinajstić information content (AvgIpc) is 2.71. The number of aromatic nitrogens is 2. The minimum Gasteiger partial charge on any atom is -0.423 e. The summed E-state index contributed by atoms with van der Waals surface area (Å²) in [6.07, 6.45) is 1.17. The van der Waals surface area contributed by atoms with Crippen molar-refractivity contribution in [3.63, 3.8) is 0 Å². The van der Waals surface area contributed by atoms with Crippen LogP contribution in [0.2, 0.25) is 0 Å². The van der Waals surface area contributed by atoms with Crippen molar-refractivity contribution in [1.29, 1.82) is 0 Å². The van der Waals surface area contributed by atoms with E-state index in [2.05, 4.69) is 10.2 Å². The van der Waals surface area contributed by atoms with Crippen LogP contribution in [0.25, 0.3) is 11.5 Å². The molecular formula is C8H5N3O3. The van der Waals surface area contributed by atoms with Gasteiger partial charge in [-0.3, -0.25) is 10.1 Å². The number of rotatable bonds is 2. The van der Waals surface area contributed by atoms with Gasteiger partial charge < -0.3 is 4.42 Å². The van der Waals surface area contributed by atoms with E-state index in [1.54, 1.807) is 12.1 Å². The van der Waals surface area contributed by atoms with Crippen LogP contribution in [0.4, 0.5) is 5.69 Å². The third-order valence-electron chi connectivity index (χ3n) is 1.66. The average molecular weight is 191 g/mol. The molecule has 6 nitrogen and oxygen atoms in total. The maximum absolute atomic E-state index is 10.5. The van der Waals surface area contributed by atoms with Crippen LogP contribution < -0.4 is 0 Å². The van der Waals surface area contributed by atoms with Crippen molar-refractivity contribution in [1.82, 2.24) is 10.2 Å². The lowest BCUT2D eigenvalue weighted by Gasteiger charge is -1.93. The van der Waals surface area contributed by atoms with Crippen LogP contribution in [0.5, 0.6) is 0 Å². The number of hydrogen-bond donors (Lipinski definition) is 0. The van der Waals surface area contributed by atoms with Gasteiger partial charge in [-0.25, -0.2) is 0 Å². The Morgan fingerprint density at radius 2 is 2.29 bits per heavy atom. The predicted molar refractivity (Wildman–Crippen MR) is 46.4 cm³/mol. The third kappa shape index (κ3) is 1.45. The number of nitro benzene ring substituents is 1. The van der Waals surface area contributed by atoms with E-state index in [0.29, 0.717) is 5.56 Å². The lowest BCUT2D eigenvalue weighted by atomic mass is 10.2. The Hall–Kier alpha value is -2.24. The van der Waals surface area contributed by atoms with Crippen molar-refractivity contribution in [2.24, 2.45) is 0 Å². The lowest BCUT2D eigenvalue weighted by Crippen LogP contribution is -1.88.